The first-order valence-corrected chi connectivity index (χ1v) is 5.21. The number of quaternary nitrogens is 2. The quantitative estimate of drug-likeness (QED) is 0.340. The van der Waals surface area contributed by atoms with Crippen molar-refractivity contribution in [1.29, 1.82) is 0 Å². The molecule has 0 aromatic rings. The molecule has 0 fully saturated rings. The van der Waals surface area contributed by atoms with E-state index in [-0.39, 0.29) is 11.9 Å². The van der Waals surface area contributed by atoms with Crippen LogP contribution in [0.25, 0.3) is 0 Å². The average molecular weight is 218 g/mol. The van der Waals surface area contributed by atoms with Gasteiger partial charge in [0.25, 0.3) is 5.91 Å². The molecular weight excluding hydrogens is 196 g/mol. The number of rotatable bonds is 7. The van der Waals surface area contributed by atoms with Gasteiger partial charge >= 0.3 is 0 Å². The molecule has 15 heavy (non-hydrogen) atoms. The molecule has 2 atom stereocenters. The number of amides is 2. The third-order valence-electron chi connectivity index (χ3n) is 2.21. The smallest absolute Gasteiger partial charge is 0.278 e. The summed E-state index contributed by atoms with van der Waals surface area (Å²) >= 11 is 0. The minimum Gasteiger partial charge on any atom is -0.368 e. The second-order valence-electron chi connectivity index (χ2n) is 3.68. The lowest BCUT2D eigenvalue weighted by molar-refractivity contribution is -0.406. The van der Waals surface area contributed by atoms with Crippen molar-refractivity contribution < 1.29 is 21.1 Å². The van der Waals surface area contributed by atoms with E-state index in [1.54, 1.807) is 6.92 Å². The Hall–Kier alpha value is -1.14. The molecule has 0 rings (SSSR count). The number of primary amides is 1. The molecule has 2 amide bonds. The summed E-state index contributed by atoms with van der Waals surface area (Å²) < 4.78 is 0. The minimum atomic E-state index is -0.630. The van der Waals surface area contributed by atoms with Gasteiger partial charge in [0.15, 0.2) is 6.04 Å². The van der Waals surface area contributed by atoms with Crippen molar-refractivity contribution >= 4 is 11.8 Å². The number of unbranched alkanes of at least 4 members (excludes halogenated alkanes) is 1. The first-order chi connectivity index (χ1) is 6.99. The predicted octanol–water partition coefficient (Wildman–Crippen LogP) is -3.00. The Kier molecular flexibility index (Phi) is 6.64. The van der Waals surface area contributed by atoms with E-state index in [2.05, 4.69) is 16.8 Å². The largest absolute Gasteiger partial charge is 0.368 e. The Morgan fingerprint density at radius 2 is 2.00 bits per heavy atom. The molecule has 0 aliphatic carbocycles. The Labute approximate surface area is 89.6 Å². The second-order valence-corrected chi connectivity index (χ2v) is 3.68. The molecule has 0 bridgehead atoms. The molecule has 0 aromatic heterocycles. The predicted molar refractivity (Wildman–Crippen MR) is 55.1 cm³/mol. The fourth-order valence-corrected chi connectivity index (χ4v) is 1.10. The van der Waals surface area contributed by atoms with Gasteiger partial charge in [-0.05, 0) is 19.8 Å². The second kappa shape index (κ2) is 7.19. The van der Waals surface area contributed by atoms with Crippen LogP contribution in [0.15, 0.2) is 0 Å². The third kappa shape index (κ3) is 6.03. The highest BCUT2D eigenvalue weighted by Gasteiger charge is 2.20. The third-order valence-corrected chi connectivity index (χ3v) is 2.21. The van der Waals surface area contributed by atoms with Gasteiger partial charge in [0.05, 0.1) is 6.54 Å². The van der Waals surface area contributed by atoms with Crippen molar-refractivity contribution in [3.63, 3.8) is 0 Å². The molecule has 88 valence electrons. The fourth-order valence-electron chi connectivity index (χ4n) is 1.10. The molecular formula is C9H22N4O2+2. The maximum absolute atomic E-state index is 11.5. The standard InChI is InChI=1S/C9H20N4O2/c1-6(8(12)14)13-9(15)7(11)4-2-3-5-10/h6-7H,2-5,10-11H2,1H3,(H2,12,14)(H,13,15)/p+2/t6-,7-/m0/s1. The van der Waals surface area contributed by atoms with E-state index in [9.17, 15) is 9.59 Å². The summed E-state index contributed by atoms with van der Waals surface area (Å²) in [5, 5.41) is 2.51. The fraction of sp³-hybridized carbons (Fsp3) is 0.778. The van der Waals surface area contributed by atoms with Gasteiger partial charge in [-0.3, -0.25) is 9.59 Å². The molecule has 0 aliphatic rings. The lowest BCUT2D eigenvalue weighted by Gasteiger charge is -2.12. The summed E-state index contributed by atoms with van der Waals surface area (Å²) in [6, 6.07) is -0.951. The van der Waals surface area contributed by atoms with E-state index in [0.717, 1.165) is 19.4 Å². The molecule has 0 heterocycles. The number of nitrogens with two attached hydrogens (primary N) is 1. The summed E-state index contributed by atoms with van der Waals surface area (Å²) in [6.45, 7) is 2.43. The van der Waals surface area contributed by atoms with E-state index >= 15 is 0 Å². The molecule has 0 unspecified atom stereocenters. The van der Waals surface area contributed by atoms with Gasteiger partial charge in [0.2, 0.25) is 5.91 Å². The van der Waals surface area contributed by atoms with Gasteiger partial charge in [-0.15, -0.1) is 0 Å². The molecule has 0 radical (unpaired) electrons. The number of hydrogen-bond donors (Lipinski definition) is 4. The number of carbonyl (C=O) groups excluding carboxylic acids is 2. The van der Waals surface area contributed by atoms with Crippen LogP contribution in [0.5, 0.6) is 0 Å². The van der Waals surface area contributed by atoms with Gasteiger partial charge in [0, 0.05) is 6.42 Å². The Morgan fingerprint density at radius 3 is 2.47 bits per heavy atom. The lowest BCUT2D eigenvalue weighted by atomic mass is 10.1. The monoisotopic (exact) mass is 218 g/mol. The van der Waals surface area contributed by atoms with Crippen LogP contribution in [0.3, 0.4) is 0 Å². The minimum absolute atomic E-state index is 0.217. The van der Waals surface area contributed by atoms with Crippen molar-refractivity contribution in [3.8, 4) is 0 Å². The highest BCUT2D eigenvalue weighted by Crippen LogP contribution is 1.96. The van der Waals surface area contributed by atoms with Crippen molar-refractivity contribution in [2.75, 3.05) is 6.54 Å². The molecule has 0 aliphatic heterocycles. The summed E-state index contributed by atoms with van der Waals surface area (Å²) in [4.78, 5) is 22.2. The zero-order valence-electron chi connectivity index (χ0n) is 9.29. The number of carbonyl (C=O) groups is 2. The normalized spacial score (nSPS) is 14.3. The van der Waals surface area contributed by atoms with Crippen LogP contribution in [0.2, 0.25) is 0 Å². The van der Waals surface area contributed by atoms with Crippen molar-refractivity contribution in [2.45, 2.75) is 38.3 Å². The first kappa shape index (κ1) is 13.9. The summed E-state index contributed by atoms with van der Waals surface area (Å²) in [7, 11) is 0. The van der Waals surface area contributed by atoms with E-state index in [4.69, 9.17) is 5.73 Å². The van der Waals surface area contributed by atoms with Gasteiger partial charge in [-0.2, -0.15) is 0 Å². The van der Waals surface area contributed by atoms with Crippen molar-refractivity contribution in [1.82, 2.24) is 5.32 Å². The molecule has 0 saturated carbocycles. The van der Waals surface area contributed by atoms with Crippen molar-refractivity contribution in [2.24, 2.45) is 5.73 Å². The maximum atomic E-state index is 11.5. The SMILES string of the molecule is C[C@H](NC(=O)[C@@H]([NH3+])CCCC[NH3+])C(N)=O. The van der Waals surface area contributed by atoms with Gasteiger partial charge < -0.3 is 22.5 Å². The highest BCUT2D eigenvalue weighted by molar-refractivity contribution is 5.87. The number of nitrogens with one attached hydrogen (secondary N) is 1. The molecule has 0 spiro atoms. The van der Waals surface area contributed by atoms with Crippen LogP contribution in [-0.2, 0) is 9.59 Å². The topological polar surface area (TPSA) is 127 Å². The van der Waals surface area contributed by atoms with Crippen LogP contribution in [-0.4, -0.2) is 30.4 Å². The van der Waals surface area contributed by atoms with Gasteiger partial charge in [-0.25, -0.2) is 0 Å². The Balaban J connectivity index is 3.83. The molecule has 0 aromatic carbocycles. The van der Waals surface area contributed by atoms with Crippen LogP contribution in [0, 0.1) is 0 Å². The van der Waals surface area contributed by atoms with Gasteiger partial charge in [0.1, 0.15) is 6.04 Å². The molecule has 0 saturated heterocycles. The van der Waals surface area contributed by atoms with E-state index in [1.807, 2.05) is 0 Å². The van der Waals surface area contributed by atoms with Crippen molar-refractivity contribution in [3.05, 3.63) is 0 Å². The van der Waals surface area contributed by atoms with Crippen LogP contribution < -0.4 is 22.5 Å². The maximum Gasteiger partial charge on any atom is 0.278 e. The number of hydrogen-bond acceptors (Lipinski definition) is 2. The summed E-state index contributed by atoms with van der Waals surface area (Å²) in [5.41, 5.74) is 12.5. The van der Waals surface area contributed by atoms with Crippen LogP contribution in [0.1, 0.15) is 26.2 Å². The zero-order valence-corrected chi connectivity index (χ0v) is 9.29. The zero-order chi connectivity index (χ0) is 11.8. The lowest BCUT2D eigenvalue weighted by Crippen LogP contribution is -2.68. The molecule has 6 nitrogen and oxygen atoms in total. The van der Waals surface area contributed by atoms with Gasteiger partial charge in [-0.1, -0.05) is 0 Å². The summed E-state index contributed by atoms with van der Waals surface area (Å²) in [6.07, 6.45) is 2.63. The van der Waals surface area contributed by atoms with Crippen LogP contribution >= 0.6 is 0 Å². The molecule has 9 N–H and O–H groups in total. The summed E-state index contributed by atoms with van der Waals surface area (Å²) in [5.74, 6) is -0.751. The van der Waals surface area contributed by atoms with Crippen LogP contribution in [0.4, 0.5) is 0 Å². The Bertz CT molecular complexity index is 220. The molecule has 6 heteroatoms. The van der Waals surface area contributed by atoms with E-state index in [1.165, 1.54) is 0 Å². The Morgan fingerprint density at radius 1 is 1.40 bits per heavy atom. The van der Waals surface area contributed by atoms with E-state index in [0.29, 0.717) is 6.42 Å². The van der Waals surface area contributed by atoms with E-state index < -0.39 is 11.9 Å². The highest BCUT2D eigenvalue weighted by atomic mass is 16.2. The first-order valence-electron chi connectivity index (χ1n) is 5.21. The average Bonchev–Trinajstić information content (AvgIpc) is 2.17.